The van der Waals surface area contributed by atoms with Gasteiger partial charge in [0.25, 0.3) is 0 Å². The van der Waals surface area contributed by atoms with Gasteiger partial charge >= 0.3 is 0 Å². The summed E-state index contributed by atoms with van der Waals surface area (Å²) in [5.74, 6) is 0. The van der Waals surface area contributed by atoms with E-state index in [9.17, 15) is 0 Å². The maximum Gasteiger partial charge on any atom is 0.0386 e. The highest BCUT2D eigenvalue weighted by atomic mass is 15.1. The number of anilines is 1. The summed E-state index contributed by atoms with van der Waals surface area (Å²) in [5, 5.41) is 3.26. The Hall–Kier alpha value is -1.02. The topological polar surface area (TPSA) is 15.3 Å². The van der Waals surface area contributed by atoms with Crippen LogP contribution in [0.3, 0.4) is 0 Å². The Morgan fingerprint density at radius 1 is 1.36 bits per heavy atom. The van der Waals surface area contributed by atoms with E-state index in [1.807, 2.05) is 7.05 Å². The molecule has 1 aliphatic rings. The van der Waals surface area contributed by atoms with E-state index in [2.05, 4.69) is 35.3 Å². The lowest BCUT2D eigenvalue weighted by atomic mass is 10.1. The van der Waals surface area contributed by atoms with Crippen LogP contribution < -0.4 is 5.32 Å². The molecule has 0 saturated carbocycles. The maximum absolute atomic E-state index is 3.26. The van der Waals surface area contributed by atoms with Gasteiger partial charge in [-0.2, -0.15) is 0 Å². The minimum Gasteiger partial charge on any atom is -0.388 e. The minimum absolute atomic E-state index is 1.11. The van der Waals surface area contributed by atoms with Crippen molar-refractivity contribution in [2.45, 2.75) is 26.4 Å². The molecule has 76 valence electrons. The molecule has 1 aliphatic heterocycles. The van der Waals surface area contributed by atoms with Gasteiger partial charge in [-0.25, -0.2) is 0 Å². The molecule has 14 heavy (non-hydrogen) atoms. The molecule has 1 aromatic carbocycles. The molecule has 0 atom stereocenters. The van der Waals surface area contributed by atoms with E-state index < -0.39 is 0 Å². The van der Waals surface area contributed by atoms with E-state index in [1.54, 1.807) is 0 Å². The third-order valence-corrected chi connectivity index (χ3v) is 2.86. The van der Waals surface area contributed by atoms with Crippen molar-refractivity contribution in [2.24, 2.45) is 0 Å². The number of nitrogens with zero attached hydrogens (tertiary/aromatic N) is 1. The van der Waals surface area contributed by atoms with Gasteiger partial charge in [0, 0.05) is 25.8 Å². The average Bonchev–Trinajstić information content (AvgIpc) is 2.60. The quantitative estimate of drug-likeness (QED) is 0.787. The molecule has 2 nitrogen and oxygen atoms in total. The number of nitrogens with one attached hydrogen (secondary N) is 1. The van der Waals surface area contributed by atoms with E-state index in [-0.39, 0.29) is 0 Å². The number of benzene rings is 1. The zero-order chi connectivity index (χ0) is 9.97. The molecule has 0 amide bonds. The van der Waals surface area contributed by atoms with Crippen molar-refractivity contribution in [1.29, 1.82) is 0 Å². The molecule has 0 aliphatic carbocycles. The van der Waals surface area contributed by atoms with Crippen LogP contribution in [0.2, 0.25) is 0 Å². The highest BCUT2D eigenvalue weighted by molar-refractivity contribution is 5.55. The molecule has 0 fully saturated rings. The van der Waals surface area contributed by atoms with Gasteiger partial charge in [0.2, 0.25) is 0 Å². The molecule has 1 heterocycles. The highest BCUT2D eigenvalue weighted by Crippen LogP contribution is 2.28. The summed E-state index contributed by atoms with van der Waals surface area (Å²) in [5.41, 5.74) is 4.27. The van der Waals surface area contributed by atoms with E-state index >= 15 is 0 Å². The van der Waals surface area contributed by atoms with Crippen LogP contribution in [-0.4, -0.2) is 18.5 Å². The highest BCUT2D eigenvalue weighted by Gasteiger charge is 2.19. The molecule has 0 spiro atoms. The molecule has 1 N–H and O–H groups in total. The van der Waals surface area contributed by atoms with Gasteiger partial charge in [-0.1, -0.05) is 19.1 Å². The van der Waals surface area contributed by atoms with E-state index in [0.29, 0.717) is 0 Å². The van der Waals surface area contributed by atoms with Crippen molar-refractivity contribution < 1.29 is 0 Å². The van der Waals surface area contributed by atoms with Crippen molar-refractivity contribution in [3.05, 3.63) is 29.3 Å². The Morgan fingerprint density at radius 2 is 2.21 bits per heavy atom. The summed E-state index contributed by atoms with van der Waals surface area (Å²) >= 11 is 0. The van der Waals surface area contributed by atoms with Crippen LogP contribution >= 0.6 is 0 Å². The number of hydrogen-bond acceptors (Lipinski definition) is 2. The second-order valence-corrected chi connectivity index (χ2v) is 3.90. The van der Waals surface area contributed by atoms with Crippen LogP contribution in [0.25, 0.3) is 0 Å². The van der Waals surface area contributed by atoms with Crippen LogP contribution in [0.4, 0.5) is 5.69 Å². The summed E-state index contributed by atoms with van der Waals surface area (Å²) < 4.78 is 0. The van der Waals surface area contributed by atoms with Crippen molar-refractivity contribution in [1.82, 2.24) is 4.90 Å². The number of hydrogen-bond donors (Lipinski definition) is 1. The van der Waals surface area contributed by atoms with Gasteiger partial charge < -0.3 is 5.32 Å². The van der Waals surface area contributed by atoms with Gasteiger partial charge in [-0.05, 0) is 30.2 Å². The Morgan fingerprint density at radius 3 is 2.93 bits per heavy atom. The second-order valence-electron chi connectivity index (χ2n) is 3.90. The van der Waals surface area contributed by atoms with E-state index in [1.165, 1.54) is 29.8 Å². The first-order valence-electron chi connectivity index (χ1n) is 5.36. The number of fused-ring (bicyclic) bond motifs is 1. The lowest BCUT2D eigenvalue weighted by Crippen LogP contribution is -2.16. The first-order valence-corrected chi connectivity index (χ1v) is 5.36. The Labute approximate surface area is 85.9 Å². The van der Waals surface area contributed by atoms with Crippen LogP contribution in [0.15, 0.2) is 18.2 Å². The van der Waals surface area contributed by atoms with Crippen molar-refractivity contribution in [2.75, 3.05) is 18.9 Å². The van der Waals surface area contributed by atoms with E-state index in [4.69, 9.17) is 0 Å². The third kappa shape index (κ3) is 1.62. The fraction of sp³-hybridized carbons (Fsp3) is 0.500. The summed E-state index contributed by atoms with van der Waals surface area (Å²) in [7, 11) is 2.00. The zero-order valence-corrected chi connectivity index (χ0v) is 9.01. The second kappa shape index (κ2) is 4.01. The molecule has 0 unspecified atom stereocenters. The summed E-state index contributed by atoms with van der Waals surface area (Å²) in [6, 6.07) is 6.54. The fourth-order valence-corrected chi connectivity index (χ4v) is 2.20. The monoisotopic (exact) mass is 190 g/mol. The smallest absolute Gasteiger partial charge is 0.0386 e. The van der Waals surface area contributed by atoms with Gasteiger partial charge in [0.05, 0.1) is 0 Å². The largest absolute Gasteiger partial charge is 0.388 e. The van der Waals surface area contributed by atoms with Gasteiger partial charge in [-0.3, -0.25) is 4.90 Å². The van der Waals surface area contributed by atoms with Crippen molar-refractivity contribution in [3.8, 4) is 0 Å². The van der Waals surface area contributed by atoms with Gasteiger partial charge in [-0.15, -0.1) is 0 Å². The molecular weight excluding hydrogens is 172 g/mol. The lowest BCUT2D eigenvalue weighted by Gasteiger charge is -2.12. The standard InChI is InChI=1S/C12H18N2/c1-3-7-14-8-10-5-4-6-12(13-2)11(10)9-14/h4-6,13H,3,7-9H2,1-2H3. The molecule has 0 aromatic heterocycles. The maximum atomic E-state index is 3.26. The van der Waals surface area contributed by atoms with E-state index in [0.717, 1.165) is 13.1 Å². The predicted molar refractivity (Wildman–Crippen MR) is 60.4 cm³/mol. The first kappa shape index (κ1) is 9.53. The summed E-state index contributed by atoms with van der Waals surface area (Å²) in [6.45, 7) is 5.68. The fourth-order valence-electron chi connectivity index (χ4n) is 2.20. The zero-order valence-electron chi connectivity index (χ0n) is 9.01. The molecule has 2 heteroatoms. The number of rotatable bonds is 3. The summed E-state index contributed by atoms with van der Waals surface area (Å²) in [4.78, 5) is 2.51. The van der Waals surface area contributed by atoms with Crippen LogP contribution in [0.1, 0.15) is 24.5 Å². The molecule has 0 radical (unpaired) electrons. The molecule has 2 rings (SSSR count). The van der Waals surface area contributed by atoms with Crippen molar-refractivity contribution >= 4 is 5.69 Å². The van der Waals surface area contributed by atoms with Crippen LogP contribution in [-0.2, 0) is 13.1 Å². The normalized spacial score (nSPS) is 15.6. The summed E-state index contributed by atoms with van der Waals surface area (Å²) in [6.07, 6.45) is 1.24. The minimum atomic E-state index is 1.11. The van der Waals surface area contributed by atoms with Gasteiger partial charge in [0.15, 0.2) is 0 Å². The Balaban J connectivity index is 2.21. The van der Waals surface area contributed by atoms with Crippen LogP contribution in [0.5, 0.6) is 0 Å². The first-order chi connectivity index (χ1) is 6.85. The molecule has 0 bridgehead atoms. The van der Waals surface area contributed by atoms with Gasteiger partial charge in [0.1, 0.15) is 0 Å². The molecular formula is C12H18N2. The molecule has 1 aromatic rings. The van der Waals surface area contributed by atoms with Crippen molar-refractivity contribution in [3.63, 3.8) is 0 Å². The predicted octanol–water partition coefficient (Wildman–Crippen LogP) is 2.45. The Kier molecular flexibility index (Phi) is 2.73. The average molecular weight is 190 g/mol. The third-order valence-electron chi connectivity index (χ3n) is 2.86. The van der Waals surface area contributed by atoms with Crippen LogP contribution in [0, 0.1) is 0 Å². The SMILES string of the molecule is CCCN1Cc2cccc(NC)c2C1. The lowest BCUT2D eigenvalue weighted by molar-refractivity contribution is 0.285. The molecule has 0 saturated heterocycles. The Bertz CT molecular complexity index is 320.